The van der Waals surface area contributed by atoms with E-state index in [1.54, 1.807) is 11.3 Å². The van der Waals surface area contributed by atoms with E-state index in [0.29, 0.717) is 5.02 Å². The fourth-order valence-corrected chi connectivity index (χ4v) is 4.71. The van der Waals surface area contributed by atoms with Crippen LogP contribution >= 0.6 is 34.7 Å². The summed E-state index contributed by atoms with van der Waals surface area (Å²) in [6.07, 6.45) is 0.979. The third-order valence-corrected chi connectivity index (χ3v) is 6.09. The van der Waals surface area contributed by atoms with Crippen molar-refractivity contribution in [2.45, 2.75) is 29.9 Å². The molecular weight excluding hydrogens is 346 g/mol. The number of benzene rings is 2. The summed E-state index contributed by atoms with van der Waals surface area (Å²) in [5, 5.41) is 0.512. The number of thiazole rings is 1. The normalized spacial score (nSPS) is 12.5. The van der Waals surface area contributed by atoms with E-state index in [9.17, 15) is 4.79 Å². The van der Waals surface area contributed by atoms with E-state index in [2.05, 4.69) is 11.9 Å². The van der Waals surface area contributed by atoms with Crippen LogP contribution in [0.3, 0.4) is 0 Å². The van der Waals surface area contributed by atoms with Gasteiger partial charge in [0.15, 0.2) is 10.1 Å². The summed E-state index contributed by atoms with van der Waals surface area (Å²) in [6.45, 7) is 4.04. The van der Waals surface area contributed by atoms with E-state index in [1.807, 2.05) is 49.4 Å². The van der Waals surface area contributed by atoms with Crippen molar-refractivity contribution in [3.8, 4) is 0 Å². The lowest BCUT2D eigenvalue weighted by atomic mass is 10.1. The van der Waals surface area contributed by atoms with E-state index >= 15 is 0 Å². The number of hydrogen-bond acceptors (Lipinski definition) is 4. The van der Waals surface area contributed by atoms with E-state index < -0.39 is 0 Å². The van der Waals surface area contributed by atoms with Gasteiger partial charge in [0.25, 0.3) is 0 Å². The highest BCUT2D eigenvalue weighted by molar-refractivity contribution is 8.02. The number of rotatable bonds is 5. The highest BCUT2D eigenvalue weighted by Gasteiger charge is 2.18. The standard InChI is InChI=1S/C18H16ClNOS2/c1-3-12-4-6-13(7-5-12)17(21)11(2)22-18-20-15-10-14(19)8-9-16(15)23-18/h4-11H,3H2,1-2H3/t11-/m0/s1. The predicted molar refractivity (Wildman–Crippen MR) is 100 cm³/mol. The van der Waals surface area contributed by atoms with Crippen LogP contribution in [-0.4, -0.2) is 16.0 Å². The Hall–Kier alpha value is -1.36. The molecule has 0 radical (unpaired) electrons. The Morgan fingerprint density at radius 1 is 1.26 bits per heavy atom. The number of nitrogens with zero attached hydrogens (tertiary/aromatic N) is 1. The van der Waals surface area contributed by atoms with Gasteiger partial charge in [0, 0.05) is 10.6 Å². The molecule has 118 valence electrons. The Labute approximate surface area is 148 Å². The molecule has 3 aromatic rings. The number of hydrogen-bond donors (Lipinski definition) is 0. The van der Waals surface area contributed by atoms with Crippen molar-refractivity contribution >= 4 is 50.7 Å². The first-order valence-electron chi connectivity index (χ1n) is 7.42. The number of aryl methyl sites for hydroxylation is 1. The summed E-state index contributed by atoms with van der Waals surface area (Å²) < 4.78 is 1.98. The molecule has 0 spiro atoms. The Kier molecular flexibility index (Phi) is 5.05. The highest BCUT2D eigenvalue weighted by Crippen LogP contribution is 2.34. The number of aromatic nitrogens is 1. The van der Waals surface area contributed by atoms with Crippen LogP contribution in [0.5, 0.6) is 0 Å². The highest BCUT2D eigenvalue weighted by atomic mass is 35.5. The van der Waals surface area contributed by atoms with Crippen molar-refractivity contribution in [1.29, 1.82) is 0 Å². The van der Waals surface area contributed by atoms with Gasteiger partial charge in [-0.05, 0) is 37.1 Å². The van der Waals surface area contributed by atoms with E-state index in [4.69, 9.17) is 11.6 Å². The lowest BCUT2D eigenvalue weighted by Crippen LogP contribution is -2.13. The molecule has 0 saturated carbocycles. The zero-order valence-corrected chi connectivity index (χ0v) is 15.3. The fraction of sp³-hybridized carbons (Fsp3) is 0.222. The molecule has 0 aliphatic rings. The molecule has 0 saturated heterocycles. The van der Waals surface area contributed by atoms with Gasteiger partial charge in [0.2, 0.25) is 0 Å². The number of thioether (sulfide) groups is 1. The maximum absolute atomic E-state index is 12.6. The summed E-state index contributed by atoms with van der Waals surface area (Å²) >= 11 is 9.09. The van der Waals surface area contributed by atoms with Crippen molar-refractivity contribution in [3.05, 3.63) is 58.6 Å². The second kappa shape index (κ2) is 7.04. The van der Waals surface area contributed by atoms with Crippen LogP contribution in [-0.2, 0) is 6.42 Å². The van der Waals surface area contributed by atoms with Crippen molar-refractivity contribution in [3.63, 3.8) is 0 Å². The van der Waals surface area contributed by atoms with Crippen molar-refractivity contribution in [1.82, 2.24) is 4.98 Å². The molecule has 0 aliphatic heterocycles. The molecule has 1 aromatic heterocycles. The Morgan fingerprint density at radius 2 is 2.00 bits per heavy atom. The molecule has 3 rings (SSSR count). The summed E-state index contributed by atoms with van der Waals surface area (Å²) in [7, 11) is 0. The number of ketones is 1. The minimum atomic E-state index is -0.168. The number of carbonyl (C=O) groups is 1. The minimum Gasteiger partial charge on any atom is -0.293 e. The van der Waals surface area contributed by atoms with E-state index in [-0.39, 0.29) is 11.0 Å². The minimum absolute atomic E-state index is 0.134. The molecule has 0 N–H and O–H groups in total. The first-order valence-corrected chi connectivity index (χ1v) is 9.50. The smallest absolute Gasteiger partial charge is 0.175 e. The lowest BCUT2D eigenvalue weighted by Gasteiger charge is -2.08. The summed E-state index contributed by atoms with van der Waals surface area (Å²) in [4.78, 5) is 17.1. The van der Waals surface area contributed by atoms with Crippen LogP contribution < -0.4 is 0 Å². The fourth-order valence-electron chi connectivity index (χ4n) is 2.27. The van der Waals surface area contributed by atoms with Crippen LogP contribution in [0.4, 0.5) is 0 Å². The van der Waals surface area contributed by atoms with Crippen LogP contribution in [0.25, 0.3) is 10.2 Å². The Morgan fingerprint density at radius 3 is 2.70 bits per heavy atom. The van der Waals surface area contributed by atoms with Gasteiger partial charge < -0.3 is 0 Å². The summed E-state index contributed by atoms with van der Waals surface area (Å²) in [5.74, 6) is 0.134. The van der Waals surface area contributed by atoms with Gasteiger partial charge >= 0.3 is 0 Å². The van der Waals surface area contributed by atoms with Gasteiger partial charge in [0.05, 0.1) is 15.5 Å². The van der Waals surface area contributed by atoms with E-state index in [0.717, 1.165) is 26.5 Å². The molecule has 5 heteroatoms. The van der Waals surface area contributed by atoms with Gasteiger partial charge in [-0.15, -0.1) is 11.3 Å². The second-order valence-electron chi connectivity index (χ2n) is 5.27. The number of carbonyl (C=O) groups excluding carboxylic acids is 1. The number of Topliss-reactive ketones (excluding diaryl/α,β-unsaturated/α-hetero) is 1. The van der Waals surface area contributed by atoms with Crippen molar-refractivity contribution < 1.29 is 4.79 Å². The van der Waals surface area contributed by atoms with Crippen LogP contribution in [0.15, 0.2) is 46.8 Å². The first-order chi connectivity index (χ1) is 11.1. The molecule has 23 heavy (non-hydrogen) atoms. The van der Waals surface area contributed by atoms with Gasteiger partial charge in [-0.25, -0.2) is 4.98 Å². The third kappa shape index (κ3) is 3.77. The zero-order chi connectivity index (χ0) is 16.4. The molecule has 1 heterocycles. The molecule has 1 atom stereocenters. The Bertz CT molecular complexity index is 842. The quantitative estimate of drug-likeness (QED) is 0.420. The monoisotopic (exact) mass is 361 g/mol. The maximum Gasteiger partial charge on any atom is 0.175 e. The molecule has 0 unspecified atom stereocenters. The van der Waals surface area contributed by atoms with Gasteiger partial charge in [0.1, 0.15) is 0 Å². The SMILES string of the molecule is CCc1ccc(C(=O)[C@H](C)Sc2nc3cc(Cl)ccc3s2)cc1. The molecule has 2 nitrogen and oxygen atoms in total. The molecule has 2 aromatic carbocycles. The molecule has 0 fully saturated rings. The van der Waals surface area contributed by atoms with Gasteiger partial charge in [-0.2, -0.15) is 0 Å². The first kappa shape index (κ1) is 16.5. The average Bonchev–Trinajstić information content (AvgIpc) is 2.95. The maximum atomic E-state index is 12.6. The van der Waals surface area contributed by atoms with Crippen molar-refractivity contribution in [2.75, 3.05) is 0 Å². The number of fused-ring (bicyclic) bond motifs is 1. The topological polar surface area (TPSA) is 30.0 Å². The Balaban J connectivity index is 1.76. The molecule has 0 amide bonds. The van der Waals surface area contributed by atoms with Crippen molar-refractivity contribution in [2.24, 2.45) is 0 Å². The number of halogens is 1. The zero-order valence-electron chi connectivity index (χ0n) is 12.9. The largest absolute Gasteiger partial charge is 0.293 e. The third-order valence-electron chi connectivity index (χ3n) is 3.62. The van der Waals surface area contributed by atoms with E-state index in [1.165, 1.54) is 17.3 Å². The molecule has 0 aliphatic carbocycles. The van der Waals surface area contributed by atoms with Crippen LogP contribution in [0.2, 0.25) is 5.02 Å². The van der Waals surface area contributed by atoms with Gasteiger partial charge in [-0.3, -0.25) is 4.79 Å². The van der Waals surface area contributed by atoms with Crippen LogP contribution in [0.1, 0.15) is 29.8 Å². The molecular formula is C18H16ClNOS2. The summed E-state index contributed by atoms with van der Waals surface area (Å²) in [6, 6.07) is 13.5. The van der Waals surface area contributed by atoms with Crippen LogP contribution in [0, 0.1) is 0 Å². The predicted octanol–water partition coefficient (Wildman–Crippen LogP) is 5.88. The second-order valence-corrected chi connectivity index (χ2v) is 8.32. The molecule has 0 bridgehead atoms. The lowest BCUT2D eigenvalue weighted by molar-refractivity contribution is 0.0994. The van der Waals surface area contributed by atoms with Gasteiger partial charge in [-0.1, -0.05) is 54.6 Å². The summed E-state index contributed by atoms with van der Waals surface area (Å²) in [5.41, 5.74) is 2.88. The average molecular weight is 362 g/mol.